The third-order valence-corrected chi connectivity index (χ3v) is 6.67. The average molecular weight is 577 g/mol. The van der Waals surface area contributed by atoms with Crippen LogP contribution in [-0.2, 0) is 4.79 Å². The van der Waals surface area contributed by atoms with E-state index >= 15 is 8.78 Å². The molecule has 4 aromatic rings. The number of nitrogens with zero attached hydrogens (tertiary/aromatic N) is 6. The maximum Gasteiger partial charge on any atom is 0.283 e. The van der Waals surface area contributed by atoms with Crippen molar-refractivity contribution in [1.82, 2.24) is 24.4 Å². The fourth-order valence-electron chi connectivity index (χ4n) is 4.86. The van der Waals surface area contributed by atoms with Gasteiger partial charge in [0.2, 0.25) is 11.9 Å². The summed E-state index contributed by atoms with van der Waals surface area (Å²) in [5.41, 5.74) is -0.203. The first-order valence-electron chi connectivity index (χ1n) is 13.2. The minimum absolute atomic E-state index is 0.00440. The van der Waals surface area contributed by atoms with Crippen LogP contribution in [0.1, 0.15) is 13.8 Å². The molecule has 0 bridgehead atoms. The van der Waals surface area contributed by atoms with E-state index in [4.69, 9.17) is 0 Å². The minimum atomic E-state index is -0.852. The summed E-state index contributed by atoms with van der Waals surface area (Å²) in [6.07, 6.45) is 3.73. The highest BCUT2D eigenvalue weighted by atomic mass is 19.1. The first-order chi connectivity index (χ1) is 20.0. The Morgan fingerprint density at radius 1 is 1.10 bits per heavy atom. The number of carbonyl (C=O) groups is 1. The maximum absolute atomic E-state index is 15.2. The van der Waals surface area contributed by atoms with Gasteiger partial charge in [-0.15, -0.1) is 0 Å². The van der Waals surface area contributed by atoms with Crippen LogP contribution in [-0.4, -0.2) is 73.8 Å². The number of anilines is 4. The van der Waals surface area contributed by atoms with Gasteiger partial charge < -0.3 is 20.6 Å². The van der Waals surface area contributed by atoms with E-state index in [9.17, 15) is 14.7 Å². The smallest absolute Gasteiger partial charge is 0.283 e. The molecule has 2 aromatic carbocycles. The fraction of sp³-hybridized carbons (Fsp3) is 0.276. The molecular formula is C29H30F2N8O3. The van der Waals surface area contributed by atoms with Gasteiger partial charge in [0.1, 0.15) is 17.4 Å². The van der Waals surface area contributed by atoms with Gasteiger partial charge in [0.05, 0.1) is 11.3 Å². The van der Waals surface area contributed by atoms with Crippen molar-refractivity contribution in [2.45, 2.75) is 19.4 Å². The number of carbonyl (C=O) groups excluding carboxylic acids is 1. The first-order valence-corrected chi connectivity index (χ1v) is 13.2. The molecule has 0 aliphatic carbocycles. The molecule has 218 valence electrons. The molecule has 0 spiro atoms. The Balaban J connectivity index is 1.40. The molecule has 0 saturated carbocycles. The number of amides is 1. The molecule has 1 saturated heterocycles. The van der Waals surface area contributed by atoms with Crippen molar-refractivity contribution in [1.29, 1.82) is 0 Å². The van der Waals surface area contributed by atoms with E-state index in [-0.39, 0.29) is 34.3 Å². The van der Waals surface area contributed by atoms with Crippen LogP contribution in [0.3, 0.4) is 0 Å². The molecule has 0 unspecified atom stereocenters. The number of aromatic nitrogens is 4. The van der Waals surface area contributed by atoms with Crippen molar-refractivity contribution >= 4 is 40.0 Å². The monoisotopic (exact) mass is 576 g/mol. The van der Waals surface area contributed by atoms with E-state index in [2.05, 4.69) is 37.1 Å². The number of rotatable bonds is 8. The molecule has 1 aliphatic heterocycles. The van der Waals surface area contributed by atoms with Crippen molar-refractivity contribution in [2.24, 2.45) is 0 Å². The van der Waals surface area contributed by atoms with Crippen molar-refractivity contribution in [2.75, 3.05) is 48.3 Å². The number of hydrogen-bond acceptors (Lipinski definition) is 9. The first kappa shape index (κ1) is 28.8. The zero-order valence-corrected chi connectivity index (χ0v) is 23.1. The van der Waals surface area contributed by atoms with E-state index in [1.165, 1.54) is 29.2 Å². The van der Waals surface area contributed by atoms with Crippen LogP contribution in [0.15, 0.2) is 66.4 Å². The molecule has 5 rings (SSSR count). The van der Waals surface area contributed by atoms with Gasteiger partial charge >= 0.3 is 0 Å². The van der Waals surface area contributed by atoms with E-state index in [1.54, 1.807) is 43.0 Å². The van der Waals surface area contributed by atoms with Crippen LogP contribution in [0, 0.1) is 11.6 Å². The third-order valence-electron chi connectivity index (χ3n) is 6.67. The highest BCUT2D eigenvalue weighted by Crippen LogP contribution is 2.29. The van der Waals surface area contributed by atoms with Gasteiger partial charge in [-0.2, -0.15) is 9.97 Å². The predicted molar refractivity (Wildman–Crippen MR) is 156 cm³/mol. The highest BCUT2D eigenvalue weighted by molar-refractivity contribution is 5.99. The number of β-amino-alcohol motifs (C(OH)–C–C–N with tert-alkyl or cyclic N) is 1. The van der Waals surface area contributed by atoms with Crippen LogP contribution in [0.5, 0.6) is 0 Å². The largest absolute Gasteiger partial charge is 0.389 e. The summed E-state index contributed by atoms with van der Waals surface area (Å²) in [6.45, 7) is 9.31. The predicted octanol–water partition coefficient (Wildman–Crippen LogP) is 3.21. The number of nitrogens with one attached hydrogen (secondary N) is 2. The molecule has 11 nitrogen and oxygen atoms in total. The maximum atomic E-state index is 15.2. The molecular weight excluding hydrogens is 546 g/mol. The second kappa shape index (κ2) is 11.6. The van der Waals surface area contributed by atoms with E-state index < -0.39 is 22.8 Å². The Labute approximate surface area is 240 Å². The van der Waals surface area contributed by atoms with Crippen LogP contribution in [0.2, 0.25) is 0 Å². The van der Waals surface area contributed by atoms with Gasteiger partial charge in [-0.05, 0) is 50.3 Å². The lowest BCUT2D eigenvalue weighted by Gasteiger charge is -2.38. The van der Waals surface area contributed by atoms with E-state index in [1.807, 2.05) is 0 Å². The quantitative estimate of drug-likeness (QED) is 0.271. The lowest BCUT2D eigenvalue weighted by Crippen LogP contribution is -2.50. The van der Waals surface area contributed by atoms with Gasteiger partial charge in [-0.1, -0.05) is 12.6 Å². The SMILES string of the molecule is C=CC(=O)Nc1cccc(-n2cnc(=O)c3cnc(Nc4cc(F)c(N5CCN(CC(C)(C)O)CC5)c(F)c4)nc32)c1. The van der Waals surface area contributed by atoms with E-state index in [0.717, 1.165) is 6.08 Å². The summed E-state index contributed by atoms with van der Waals surface area (Å²) >= 11 is 0. The molecule has 3 heterocycles. The molecule has 0 atom stereocenters. The van der Waals surface area contributed by atoms with Gasteiger partial charge in [0, 0.05) is 50.3 Å². The topological polar surface area (TPSA) is 129 Å². The number of aliphatic hydroxyl groups is 1. The molecule has 1 aliphatic rings. The summed E-state index contributed by atoms with van der Waals surface area (Å²) in [5.74, 6) is -1.87. The van der Waals surface area contributed by atoms with Gasteiger partial charge in [0.25, 0.3) is 5.56 Å². The summed E-state index contributed by atoms with van der Waals surface area (Å²) < 4.78 is 31.9. The minimum Gasteiger partial charge on any atom is -0.389 e. The van der Waals surface area contributed by atoms with Gasteiger partial charge in [-0.25, -0.2) is 13.8 Å². The Hall–Kier alpha value is -4.75. The Kier molecular flexibility index (Phi) is 7.96. The van der Waals surface area contributed by atoms with Crippen LogP contribution in [0.4, 0.5) is 31.8 Å². The number of halogens is 2. The van der Waals surface area contributed by atoms with Gasteiger partial charge in [-0.3, -0.25) is 19.1 Å². The summed E-state index contributed by atoms with van der Waals surface area (Å²) in [4.78, 5) is 40.4. The number of benzene rings is 2. The molecule has 0 radical (unpaired) electrons. The lowest BCUT2D eigenvalue weighted by atomic mass is 10.1. The van der Waals surface area contributed by atoms with E-state index in [0.29, 0.717) is 44.1 Å². The fourth-order valence-corrected chi connectivity index (χ4v) is 4.86. The van der Waals surface area contributed by atoms with Crippen LogP contribution < -0.4 is 21.1 Å². The van der Waals surface area contributed by atoms with Crippen LogP contribution >= 0.6 is 0 Å². The van der Waals surface area contributed by atoms with Crippen molar-refractivity contribution in [3.63, 3.8) is 0 Å². The number of fused-ring (bicyclic) bond motifs is 1. The zero-order chi connectivity index (χ0) is 30.0. The van der Waals surface area contributed by atoms with Crippen molar-refractivity contribution < 1.29 is 18.7 Å². The number of hydrogen-bond donors (Lipinski definition) is 3. The summed E-state index contributed by atoms with van der Waals surface area (Å²) in [6, 6.07) is 9.13. The molecule has 13 heteroatoms. The normalized spacial score (nSPS) is 14.2. The van der Waals surface area contributed by atoms with Crippen molar-refractivity contribution in [3.05, 3.63) is 83.6 Å². The van der Waals surface area contributed by atoms with Crippen molar-refractivity contribution in [3.8, 4) is 5.69 Å². The molecule has 42 heavy (non-hydrogen) atoms. The second-order valence-corrected chi connectivity index (χ2v) is 10.6. The molecule has 1 fully saturated rings. The molecule has 1 amide bonds. The Morgan fingerprint density at radius 3 is 2.48 bits per heavy atom. The van der Waals surface area contributed by atoms with Gasteiger partial charge in [0.15, 0.2) is 17.3 Å². The summed E-state index contributed by atoms with van der Waals surface area (Å²) in [7, 11) is 0. The Bertz CT molecular complexity index is 1690. The number of piperazine rings is 1. The second-order valence-electron chi connectivity index (χ2n) is 10.6. The molecule has 2 aromatic heterocycles. The third kappa shape index (κ3) is 6.42. The van der Waals surface area contributed by atoms with Crippen LogP contribution in [0.25, 0.3) is 16.7 Å². The standard InChI is InChI=1S/C29H30F2N8O3/c1-4-24(40)34-18-6-5-7-20(12-18)39-17-33-27(41)21-15-32-28(36-26(21)39)35-19-13-22(30)25(23(31)14-19)38-10-8-37(9-11-38)16-29(2,3)42/h4-7,12-15,17,42H,1,8-11,16H2,2-3H3,(H,34,40)(H,32,35,36). The highest BCUT2D eigenvalue weighted by Gasteiger charge is 2.26. The lowest BCUT2D eigenvalue weighted by molar-refractivity contribution is -0.111. The zero-order valence-electron chi connectivity index (χ0n) is 23.1. The molecule has 3 N–H and O–H groups in total. The Morgan fingerprint density at radius 2 is 1.81 bits per heavy atom. The summed E-state index contributed by atoms with van der Waals surface area (Å²) in [5, 5.41) is 15.7. The average Bonchev–Trinajstić information content (AvgIpc) is 2.93.